The molecule has 36 heavy (non-hydrogen) atoms. The molecular formula is C30H23F3O3. The summed E-state index contributed by atoms with van der Waals surface area (Å²) in [4.78, 5) is 12.6. The second-order valence-corrected chi connectivity index (χ2v) is 8.71. The Kier molecular flexibility index (Phi) is 6.61. The van der Waals surface area contributed by atoms with Crippen molar-refractivity contribution in [2.24, 2.45) is 0 Å². The summed E-state index contributed by atoms with van der Waals surface area (Å²) in [6.07, 6.45) is 1.72. The van der Waals surface area contributed by atoms with Crippen molar-refractivity contribution in [3.8, 4) is 28.0 Å². The fourth-order valence-corrected chi connectivity index (χ4v) is 4.13. The van der Waals surface area contributed by atoms with Crippen LogP contribution in [0.4, 0.5) is 13.2 Å². The zero-order chi connectivity index (χ0) is 25.2. The summed E-state index contributed by atoms with van der Waals surface area (Å²) < 4.78 is 54.1. The Labute approximate surface area is 207 Å². The van der Waals surface area contributed by atoms with E-state index in [1.165, 1.54) is 30.3 Å². The highest BCUT2D eigenvalue weighted by Gasteiger charge is 2.27. The molecule has 3 nitrogen and oxygen atoms in total. The number of benzene rings is 4. The minimum Gasteiger partial charge on any atom is -0.420 e. The van der Waals surface area contributed by atoms with E-state index in [-0.39, 0.29) is 23.0 Å². The van der Waals surface area contributed by atoms with Gasteiger partial charge in [-0.25, -0.2) is 13.6 Å². The molecule has 0 aliphatic carbocycles. The maximum atomic E-state index is 14.8. The molecule has 1 heterocycles. The number of aryl methyl sites for hydroxylation is 1. The van der Waals surface area contributed by atoms with Gasteiger partial charge >= 0.3 is 5.97 Å². The van der Waals surface area contributed by atoms with E-state index in [4.69, 9.17) is 9.47 Å². The highest BCUT2D eigenvalue weighted by molar-refractivity contribution is 5.91. The maximum Gasteiger partial charge on any atom is 0.343 e. The molecule has 0 radical (unpaired) electrons. The van der Waals surface area contributed by atoms with Gasteiger partial charge in [-0.1, -0.05) is 61.9 Å². The van der Waals surface area contributed by atoms with E-state index in [1.807, 2.05) is 12.1 Å². The summed E-state index contributed by atoms with van der Waals surface area (Å²) in [5.41, 5.74) is 3.75. The molecule has 1 atom stereocenters. The lowest BCUT2D eigenvalue weighted by Crippen LogP contribution is -2.10. The standard InChI is InChI=1S/C30H23F3O3/c1-2-3-18-4-6-20(7-5-18)23-14-15-26(29(33)28(23)32)36-30(34)21-10-8-19(9-11-21)22-12-13-24(25(31)16-22)27-17-35-27/h4-16,27H,2-3,17H2,1H3. The van der Waals surface area contributed by atoms with E-state index in [0.29, 0.717) is 28.9 Å². The van der Waals surface area contributed by atoms with Gasteiger partial charge in [-0.15, -0.1) is 0 Å². The van der Waals surface area contributed by atoms with Gasteiger partial charge in [-0.3, -0.25) is 0 Å². The number of hydrogen-bond acceptors (Lipinski definition) is 3. The molecule has 1 unspecified atom stereocenters. The Morgan fingerprint density at radius 1 is 0.861 bits per heavy atom. The van der Waals surface area contributed by atoms with Crippen LogP contribution in [0.2, 0.25) is 0 Å². The van der Waals surface area contributed by atoms with E-state index in [1.54, 1.807) is 36.4 Å². The lowest BCUT2D eigenvalue weighted by atomic mass is 10.0. The van der Waals surface area contributed by atoms with Gasteiger partial charge in [0.05, 0.1) is 12.2 Å². The van der Waals surface area contributed by atoms with E-state index in [2.05, 4.69) is 6.92 Å². The van der Waals surface area contributed by atoms with E-state index in [0.717, 1.165) is 18.4 Å². The molecule has 6 heteroatoms. The molecule has 182 valence electrons. The van der Waals surface area contributed by atoms with Crippen molar-refractivity contribution in [2.75, 3.05) is 6.61 Å². The zero-order valence-electron chi connectivity index (χ0n) is 19.6. The Bertz CT molecular complexity index is 1410. The van der Waals surface area contributed by atoms with Gasteiger partial charge in [0.1, 0.15) is 11.9 Å². The first-order valence-corrected chi connectivity index (χ1v) is 11.8. The molecule has 5 rings (SSSR count). The lowest BCUT2D eigenvalue weighted by Gasteiger charge is -2.10. The monoisotopic (exact) mass is 488 g/mol. The van der Waals surface area contributed by atoms with Crippen molar-refractivity contribution < 1.29 is 27.4 Å². The number of epoxide rings is 1. The van der Waals surface area contributed by atoms with E-state index < -0.39 is 23.4 Å². The van der Waals surface area contributed by atoms with Gasteiger partial charge in [0.25, 0.3) is 0 Å². The van der Waals surface area contributed by atoms with Crippen molar-refractivity contribution in [3.05, 3.63) is 113 Å². The molecule has 4 aromatic carbocycles. The lowest BCUT2D eigenvalue weighted by molar-refractivity contribution is 0.0727. The predicted molar refractivity (Wildman–Crippen MR) is 131 cm³/mol. The van der Waals surface area contributed by atoms with Crippen LogP contribution in [-0.2, 0) is 11.2 Å². The molecular weight excluding hydrogens is 465 g/mol. The van der Waals surface area contributed by atoms with Crippen LogP contribution in [0.5, 0.6) is 5.75 Å². The molecule has 0 spiro atoms. The van der Waals surface area contributed by atoms with Crippen LogP contribution in [0, 0.1) is 17.5 Å². The Morgan fingerprint density at radius 2 is 1.53 bits per heavy atom. The van der Waals surface area contributed by atoms with Crippen LogP contribution in [0.3, 0.4) is 0 Å². The molecule has 4 aromatic rings. The normalized spacial score (nSPS) is 14.5. The van der Waals surface area contributed by atoms with Gasteiger partial charge in [-0.05, 0) is 59.0 Å². The van der Waals surface area contributed by atoms with Crippen molar-refractivity contribution in [1.29, 1.82) is 0 Å². The molecule has 0 aromatic heterocycles. The predicted octanol–water partition coefficient (Wildman–Crippen LogP) is 7.68. The SMILES string of the molecule is CCCc1ccc(-c2ccc(OC(=O)c3ccc(-c4ccc(C5CO5)c(F)c4)cc3)c(F)c2F)cc1. The third-order valence-electron chi connectivity index (χ3n) is 6.19. The summed E-state index contributed by atoms with van der Waals surface area (Å²) in [5, 5.41) is 0. The van der Waals surface area contributed by atoms with Gasteiger partial charge in [0.2, 0.25) is 5.82 Å². The third-order valence-corrected chi connectivity index (χ3v) is 6.19. The first kappa shape index (κ1) is 23.8. The first-order valence-electron chi connectivity index (χ1n) is 11.8. The number of halogens is 3. The van der Waals surface area contributed by atoms with E-state index >= 15 is 0 Å². The quantitative estimate of drug-likeness (QED) is 0.152. The number of esters is 1. The Hall–Kier alpha value is -3.90. The molecule has 0 bridgehead atoms. The van der Waals surface area contributed by atoms with Crippen LogP contribution < -0.4 is 4.74 Å². The summed E-state index contributed by atoms with van der Waals surface area (Å²) in [5.74, 6) is -3.99. The topological polar surface area (TPSA) is 38.8 Å². The number of rotatable bonds is 7. The van der Waals surface area contributed by atoms with Gasteiger partial charge in [0.15, 0.2) is 11.6 Å². The minimum absolute atomic E-state index is 0.0891. The number of ether oxygens (including phenoxy) is 2. The average molecular weight is 489 g/mol. The molecule has 1 aliphatic heterocycles. The number of hydrogen-bond donors (Lipinski definition) is 0. The summed E-state index contributed by atoms with van der Waals surface area (Å²) in [6, 6.07) is 21.1. The summed E-state index contributed by atoms with van der Waals surface area (Å²) in [7, 11) is 0. The molecule has 0 amide bonds. The van der Waals surface area contributed by atoms with Crippen LogP contribution in [0.1, 0.15) is 40.9 Å². The highest BCUT2D eigenvalue weighted by Crippen LogP contribution is 2.34. The van der Waals surface area contributed by atoms with Crippen LogP contribution in [-0.4, -0.2) is 12.6 Å². The van der Waals surface area contributed by atoms with Gasteiger partial charge < -0.3 is 9.47 Å². The van der Waals surface area contributed by atoms with Gasteiger partial charge in [-0.2, -0.15) is 4.39 Å². The van der Waals surface area contributed by atoms with Crippen LogP contribution in [0.15, 0.2) is 78.9 Å². The van der Waals surface area contributed by atoms with Crippen molar-refractivity contribution in [3.63, 3.8) is 0 Å². The number of carbonyl (C=O) groups excluding carboxylic acids is 1. The van der Waals surface area contributed by atoms with Gasteiger partial charge in [0, 0.05) is 11.1 Å². The Balaban J connectivity index is 1.30. The second-order valence-electron chi connectivity index (χ2n) is 8.71. The minimum atomic E-state index is -1.23. The zero-order valence-corrected chi connectivity index (χ0v) is 19.6. The first-order chi connectivity index (χ1) is 17.4. The molecule has 0 N–H and O–H groups in total. The molecule has 1 fully saturated rings. The number of carbonyl (C=O) groups is 1. The van der Waals surface area contributed by atoms with Crippen LogP contribution >= 0.6 is 0 Å². The van der Waals surface area contributed by atoms with Crippen molar-refractivity contribution >= 4 is 5.97 Å². The highest BCUT2D eigenvalue weighted by atomic mass is 19.2. The third kappa shape index (κ3) is 4.90. The average Bonchev–Trinajstić information content (AvgIpc) is 3.73. The van der Waals surface area contributed by atoms with E-state index in [9.17, 15) is 18.0 Å². The maximum absolute atomic E-state index is 14.8. The summed E-state index contributed by atoms with van der Waals surface area (Å²) >= 11 is 0. The molecule has 1 saturated heterocycles. The van der Waals surface area contributed by atoms with Crippen LogP contribution in [0.25, 0.3) is 22.3 Å². The fourth-order valence-electron chi connectivity index (χ4n) is 4.13. The fraction of sp³-hybridized carbons (Fsp3) is 0.167. The molecule has 0 saturated carbocycles. The molecule has 1 aliphatic rings. The largest absolute Gasteiger partial charge is 0.420 e. The second kappa shape index (κ2) is 9.99. The smallest absolute Gasteiger partial charge is 0.343 e. The van der Waals surface area contributed by atoms with Crippen molar-refractivity contribution in [1.82, 2.24) is 0 Å². The Morgan fingerprint density at radius 3 is 2.17 bits per heavy atom. The summed E-state index contributed by atoms with van der Waals surface area (Å²) in [6.45, 7) is 2.59. The van der Waals surface area contributed by atoms with Crippen molar-refractivity contribution in [2.45, 2.75) is 25.9 Å².